The molecule has 1 rings (SSSR count). The van der Waals surface area contributed by atoms with Gasteiger partial charge in [-0.3, -0.25) is 4.79 Å². The van der Waals surface area contributed by atoms with Crippen LogP contribution in [0.1, 0.15) is 12.5 Å². The van der Waals surface area contributed by atoms with Crippen molar-refractivity contribution in [2.24, 2.45) is 0 Å². The Morgan fingerprint density at radius 3 is 2.50 bits per heavy atom. The van der Waals surface area contributed by atoms with Gasteiger partial charge in [0.25, 0.3) is 0 Å². The third kappa shape index (κ3) is 3.94. The van der Waals surface area contributed by atoms with E-state index in [1.54, 1.807) is 14.0 Å². The molecule has 4 heteroatoms. The van der Waals surface area contributed by atoms with Crippen molar-refractivity contribution < 1.29 is 14.3 Å². The Balaban J connectivity index is 2.45. The van der Waals surface area contributed by atoms with Crippen LogP contribution in [0.4, 0.5) is 0 Å². The van der Waals surface area contributed by atoms with Crippen molar-refractivity contribution >= 4 is 21.7 Å². The van der Waals surface area contributed by atoms with Gasteiger partial charge in [-0.25, -0.2) is 0 Å². The van der Waals surface area contributed by atoms with E-state index in [0.29, 0.717) is 11.9 Å². The number of hydrogen-bond donors (Lipinski definition) is 0. The van der Waals surface area contributed by atoms with Gasteiger partial charge in [0.1, 0.15) is 11.9 Å². The molecule has 1 unspecified atom stereocenters. The summed E-state index contributed by atoms with van der Waals surface area (Å²) in [6.45, 7) is 2.19. The summed E-state index contributed by atoms with van der Waals surface area (Å²) in [5, 5.41) is 0.330. The summed E-state index contributed by atoms with van der Waals surface area (Å²) >= 11 is 3.11. The summed E-state index contributed by atoms with van der Waals surface area (Å²) in [6, 6.07) is 7.58. The smallest absolute Gasteiger partial charge is 0.171 e. The van der Waals surface area contributed by atoms with Crippen molar-refractivity contribution in [1.29, 1.82) is 0 Å². The molecule has 0 N–H and O–H groups in total. The third-order valence-electron chi connectivity index (χ3n) is 2.24. The highest BCUT2D eigenvalue weighted by Crippen LogP contribution is 2.12. The van der Waals surface area contributed by atoms with E-state index >= 15 is 0 Å². The van der Waals surface area contributed by atoms with Crippen LogP contribution in [0.3, 0.4) is 0 Å². The van der Waals surface area contributed by atoms with E-state index in [1.807, 2.05) is 24.3 Å². The molecule has 0 aromatic heterocycles. The molecule has 88 valence electrons. The summed E-state index contributed by atoms with van der Waals surface area (Å²) in [4.78, 5) is 11.2. The Hall–Kier alpha value is -0.870. The molecule has 3 nitrogen and oxygen atoms in total. The predicted molar refractivity (Wildman–Crippen MR) is 66.0 cm³/mol. The first-order valence-corrected chi connectivity index (χ1v) is 6.12. The number of alkyl halides is 1. The molecule has 1 atom stereocenters. The van der Waals surface area contributed by atoms with E-state index in [4.69, 9.17) is 9.47 Å². The van der Waals surface area contributed by atoms with E-state index in [1.165, 1.54) is 0 Å². The van der Waals surface area contributed by atoms with Crippen LogP contribution in [0.15, 0.2) is 24.3 Å². The zero-order chi connectivity index (χ0) is 12.0. The lowest BCUT2D eigenvalue weighted by Gasteiger charge is -2.10. The van der Waals surface area contributed by atoms with Crippen molar-refractivity contribution in [2.75, 3.05) is 12.4 Å². The number of rotatable bonds is 6. The molecule has 0 bridgehead atoms. The van der Waals surface area contributed by atoms with Crippen LogP contribution in [0.2, 0.25) is 0 Å². The van der Waals surface area contributed by atoms with Crippen molar-refractivity contribution in [3.8, 4) is 5.75 Å². The quantitative estimate of drug-likeness (QED) is 0.754. The van der Waals surface area contributed by atoms with Crippen molar-refractivity contribution in [3.63, 3.8) is 0 Å². The fraction of sp³-hybridized carbons (Fsp3) is 0.417. The number of carbonyl (C=O) groups excluding carboxylic acids is 1. The molecule has 0 aliphatic rings. The standard InChI is InChI=1S/C12H15BrO3/c1-9(12(14)7-13)16-8-10-3-5-11(15-2)6-4-10/h3-6,9H,7-8H2,1-2H3. The maximum atomic E-state index is 11.2. The number of methoxy groups -OCH3 is 1. The van der Waals surface area contributed by atoms with E-state index in [2.05, 4.69) is 15.9 Å². The van der Waals surface area contributed by atoms with Crippen LogP contribution in [0, 0.1) is 0 Å². The minimum atomic E-state index is -0.374. The van der Waals surface area contributed by atoms with E-state index in [0.717, 1.165) is 11.3 Å². The Morgan fingerprint density at radius 2 is 2.00 bits per heavy atom. The lowest BCUT2D eigenvalue weighted by atomic mass is 10.2. The molecule has 0 aliphatic carbocycles. The Bertz CT molecular complexity index is 335. The molecule has 0 fully saturated rings. The van der Waals surface area contributed by atoms with Gasteiger partial charge in [-0.1, -0.05) is 28.1 Å². The number of carbonyl (C=O) groups is 1. The Morgan fingerprint density at radius 1 is 1.38 bits per heavy atom. The van der Waals surface area contributed by atoms with Gasteiger partial charge in [0.15, 0.2) is 5.78 Å². The lowest BCUT2D eigenvalue weighted by molar-refractivity contribution is -0.127. The van der Waals surface area contributed by atoms with Gasteiger partial charge < -0.3 is 9.47 Å². The second-order valence-electron chi connectivity index (χ2n) is 3.40. The number of Topliss-reactive ketones (excluding diaryl/α,β-unsaturated/α-hetero) is 1. The summed E-state index contributed by atoms with van der Waals surface area (Å²) in [7, 11) is 1.63. The molecular weight excluding hydrogens is 272 g/mol. The van der Waals surface area contributed by atoms with E-state index in [9.17, 15) is 4.79 Å². The van der Waals surface area contributed by atoms with Gasteiger partial charge in [0.05, 0.1) is 19.0 Å². The van der Waals surface area contributed by atoms with Crippen LogP contribution >= 0.6 is 15.9 Å². The average Bonchev–Trinajstić information content (AvgIpc) is 2.35. The minimum absolute atomic E-state index is 0.0495. The first-order chi connectivity index (χ1) is 7.67. The molecule has 0 heterocycles. The molecule has 0 amide bonds. The summed E-state index contributed by atoms with van der Waals surface area (Å²) in [5.41, 5.74) is 1.02. The molecule has 0 saturated heterocycles. The van der Waals surface area contributed by atoms with Gasteiger partial charge in [-0.05, 0) is 24.6 Å². The maximum Gasteiger partial charge on any atom is 0.171 e. The third-order valence-corrected chi connectivity index (χ3v) is 2.80. The van der Waals surface area contributed by atoms with Gasteiger partial charge in [-0.15, -0.1) is 0 Å². The van der Waals surface area contributed by atoms with Crippen molar-refractivity contribution in [1.82, 2.24) is 0 Å². The Labute approximate surface area is 104 Å². The van der Waals surface area contributed by atoms with E-state index < -0.39 is 0 Å². The maximum absolute atomic E-state index is 11.2. The second-order valence-corrected chi connectivity index (χ2v) is 3.96. The zero-order valence-electron chi connectivity index (χ0n) is 9.40. The number of ether oxygens (including phenoxy) is 2. The Kier molecular flexibility index (Phi) is 5.49. The van der Waals surface area contributed by atoms with E-state index in [-0.39, 0.29) is 11.9 Å². The number of halogens is 1. The van der Waals surface area contributed by atoms with Crippen LogP contribution in [-0.2, 0) is 16.1 Å². The molecule has 0 saturated carbocycles. The number of benzene rings is 1. The lowest BCUT2D eigenvalue weighted by Crippen LogP contribution is -2.21. The number of ketones is 1. The first-order valence-electron chi connectivity index (χ1n) is 5.00. The van der Waals surface area contributed by atoms with Crippen molar-refractivity contribution in [2.45, 2.75) is 19.6 Å². The van der Waals surface area contributed by atoms with Crippen LogP contribution in [0.25, 0.3) is 0 Å². The van der Waals surface area contributed by atoms with Crippen LogP contribution < -0.4 is 4.74 Å². The second kappa shape index (κ2) is 6.66. The average molecular weight is 287 g/mol. The van der Waals surface area contributed by atoms with Gasteiger partial charge in [0, 0.05) is 0 Å². The predicted octanol–water partition coefficient (Wildman–Crippen LogP) is 2.56. The molecule has 0 radical (unpaired) electrons. The number of hydrogen-bond acceptors (Lipinski definition) is 3. The van der Waals surface area contributed by atoms with Crippen LogP contribution in [0.5, 0.6) is 5.75 Å². The molecule has 16 heavy (non-hydrogen) atoms. The summed E-state index contributed by atoms with van der Waals surface area (Å²) in [6.07, 6.45) is -0.374. The highest BCUT2D eigenvalue weighted by molar-refractivity contribution is 9.09. The fourth-order valence-electron chi connectivity index (χ4n) is 1.14. The minimum Gasteiger partial charge on any atom is -0.497 e. The highest BCUT2D eigenvalue weighted by Gasteiger charge is 2.11. The molecule has 0 spiro atoms. The van der Waals surface area contributed by atoms with Crippen LogP contribution in [-0.4, -0.2) is 24.3 Å². The fourth-order valence-corrected chi connectivity index (χ4v) is 1.60. The van der Waals surface area contributed by atoms with Crippen molar-refractivity contribution in [3.05, 3.63) is 29.8 Å². The summed E-state index contributed by atoms with van der Waals surface area (Å²) < 4.78 is 10.5. The van der Waals surface area contributed by atoms with Gasteiger partial charge in [0.2, 0.25) is 0 Å². The molecule has 1 aromatic rings. The zero-order valence-corrected chi connectivity index (χ0v) is 11.0. The monoisotopic (exact) mass is 286 g/mol. The largest absolute Gasteiger partial charge is 0.497 e. The molecular formula is C12H15BrO3. The molecule has 0 aliphatic heterocycles. The normalized spacial score (nSPS) is 12.2. The van der Waals surface area contributed by atoms with Gasteiger partial charge in [-0.2, -0.15) is 0 Å². The summed E-state index contributed by atoms with van der Waals surface area (Å²) in [5.74, 6) is 0.863. The SMILES string of the molecule is COc1ccc(COC(C)C(=O)CBr)cc1. The van der Waals surface area contributed by atoms with Gasteiger partial charge >= 0.3 is 0 Å². The topological polar surface area (TPSA) is 35.5 Å². The molecule has 1 aromatic carbocycles. The highest BCUT2D eigenvalue weighted by atomic mass is 79.9. The first kappa shape index (κ1) is 13.2.